The minimum absolute atomic E-state index is 0.0382. The Morgan fingerprint density at radius 3 is 1.92 bits per heavy atom. The van der Waals surface area contributed by atoms with Crippen molar-refractivity contribution in [2.45, 2.75) is 19.3 Å². The van der Waals surface area contributed by atoms with Crippen molar-refractivity contribution in [2.24, 2.45) is 0 Å². The molecule has 1 heteroatoms. The van der Waals surface area contributed by atoms with Gasteiger partial charge in [0, 0.05) is 22.5 Å². The first-order valence-electron chi connectivity index (χ1n) is 16.8. The van der Waals surface area contributed by atoms with Crippen LogP contribution >= 0.6 is 0 Å². The van der Waals surface area contributed by atoms with Crippen LogP contribution in [0.3, 0.4) is 0 Å². The van der Waals surface area contributed by atoms with Gasteiger partial charge in [0.25, 0.3) is 0 Å². The van der Waals surface area contributed by atoms with E-state index in [0.29, 0.717) is 0 Å². The fourth-order valence-electron chi connectivity index (χ4n) is 7.77. The molecule has 0 fully saturated rings. The van der Waals surface area contributed by atoms with Crippen molar-refractivity contribution in [3.05, 3.63) is 187 Å². The Morgan fingerprint density at radius 1 is 0.354 bits per heavy atom. The second-order valence-corrected chi connectivity index (χ2v) is 13.4. The number of nitrogens with zero attached hydrogens (tertiary/aromatic N) is 1. The summed E-state index contributed by atoms with van der Waals surface area (Å²) in [5.41, 5.74) is 13.7. The highest BCUT2D eigenvalue weighted by Crippen LogP contribution is 2.50. The molecule has 0 N–H and O–H groups in total. The van der Waals surface area contributed by atoms with Crippen molar-refractivity contribution in [1.82, 2.24) is 0 Å². The molecule has 9 rings (SSSR count). The lowest BCUT2D eigenvalue weighted by Gasteiger charge is -2.28. The van der Waals surface area contributed by atoms with Crippen molar-refractivity contribution < 1.29 is 0 Å². The van der Waals surface area contributed by atoms with Gasteiger partial charge in [0.2, 0.25) is 0 Å². The van der Waals surface area contributed by atoms with Crippen LogP contribution in [0.15, 0.2) is 176 Å². The normalized spacial score (nSPS) is 13.0. The van der Waals surface area contributed by atoms with Gasteiger partial charge in [0.1, 0.15) is 0 Å². The van der Waals surface area contributed by atoms with Gasteiger partial charge in [0.15, 0.2) is 0 Å². The smallest absolute Gasteiger partial charge is 0.0468 e. The van der Waals surface area contributed by atoms with Crippen molar-refractivity contribution in [2.75, 3.05) is 4.90 Å². The summed E-state index contributed by atoms with van der Waals surface area (Å²) in [5, 5.41) is 4.98. The lowest BCUT2D eigenvalue weighted by Crippen LogP contribution is -2.15. The summed E-state index contributed by atoms with van der Waals surface area (Å²) >= 11 is 0. The molecule has 0 saturated heterocycles. The second-order valence-electron chi connectivity index (χ2n) is 13.4. The Balaban J connectivity index is 1.23. The van der Waals surface area contributed by atoms with E-state index in [4.69, 9.17) is 0 Å². The molecule has 48 heavy (non-hydrogen) atoms. The lowest BCUT2D eigenvalue weighted by molar-refractivity contribution is 0.660. The molecule has 0 spiro atoms. The summed E-state index contributed by atoms with van der Waals surface area (Å²) in [5.74, 6) is 0. The van der Waals surface area contributed by atoms with Gasteiger partial charge in [-0.3, -0.25) is 0 Å². The van der Waals surface area contributed by atoms with E-state index in [9.17, 15) is 0 Å². The van der Waals surface area contributed by atoms with Crippen LogP contribution in [-0.4, -0.2) is 0 Å². The van der Waals surface area contributed by atoms with Crippen molar-refractivity contribution in [1.29, 1.82) is 0 Å². The number of hydrogen-bond acceptors (Lipinski definition) is 1. The molecular weight excluding hydrogens is 579 g/mol. The molecule has 0 unspecified atom stereocenters. The Kier molecular flexibility index (Phi) is 6.55. The Hall–Kier alpha value is -5.92. The van der Waals surface area contributed by atoms with Crippen molar-refractivity contribution >= 4 is 38.6 Å². The monoisotopic (exact) mass is 613 g/mol. The second kappa shape index (κ2) is 11.1. The fraction of sp³-hybridized carbons (Fsp3) is 0.0638. The number of anilines is 3. The van der Waals surface area contributed by atoms with Crippen LogP contribution in [0.2, 0.25) is 0 Å². The maximum atomic E-state index is 2.42. The largest absolute Gasteiger partial charge is 0.310 e. The Bertz CT molecular complexity index is 2480. The van der Waals surface area contributed by atoms with E-state index in [1.54, 1.807) is 0 Å². The number of benzene rings is 8. The number of fused-ring (bicyclic) bond motifs is 5. The molecule has 8 aromatic carbocycles. The third-order valence-corrected chi connectivity index (χ3v) is 10.2. The molecule has 0 amide bonds. The van der Waals surface area contributed by atoms with Crippen LogP contribution in [0.25, 0.3) is 54.9 Å². The van der Waals surface area contributed by atoms with Crippen LogP contribution < -0.4 is 4.90 Å². The summed E-state index contributed by atoms with van der Waals surface area (Å²) in [6.45, 7) is 4.69. The third kappa shape index (κ3) is 4.62. The SMILES string of the molecule is CC1(C)c2ccccc2-c2cc(N(c3cccc(-c4ccccc4)c3)c3ccc4ccc(-c5cccc6ccccc56)cc4c3)ccc21. The summed E-state index contributed by atoms with van der Waals surface area (Å²) in [6, 6.07) is 64.5. The van der Waals surface area contributed by atoms with Crippen LogP contribution in [0.1, 0.15) is 25.0 Å². The molecule has 0 bridgehead atoms. The molecule has 0 radical (unpaired) electrons. The van der Waals surface area contributed by atoms with Crippen LogP contribution in [0.5, 0.6) is 0 Å². The molecule has 8 aromatic rings. The van der Waals surface area contributed by atoms with E-state index in [2.05, 4.69) is 195 Å². The molecule has 1 aliphatic carbocycles. The van der Waals surface area contributed by atoms with Crippen LogP contribution in [0.4, 0.5) is 17.1 Å². The highest BCUT2D eigenvalue weighted by Gasteiger charge is 2.35. The van der Waals surface area contributed by atoms with Gasteiger partial charge in [0.05, 0.1) is 0 Å². The highest BCUT2D eigenvalue weighted by molar-refractivity contribution is 6.00. The molecule has 1 aliphatic rings. The van der Waals surface area contributed by atoms with Gasteiger partial charge >= 0.3 is 0 Å². The molecule has 0 atom stereocenters. The van der Waals surface area contributed by atoms with Crippen molar-refractivity contribution in [3.63, 3.8) is 0 Å². The minimum Gasteiger partial charge on any atom is -0.310 e. The molecule has 0 heterocycles. The van der Waals surface area contributed by atoms with Gasteiger partial charge < -0.3 is 4.90 Å². The molecule has 0 aliphatic heterocycles. The zero-order valence-electron chi connectivity index (χ0n) is 27.2. The standard InChI is InChI=1S/C47H35N/c1-47(2)45-21-9-8-19-43(45)44-31-40(26-27-46(44)47)48(38-17-10-16-35(29-38)32-12-4-3-5-13-32)39-25-24-33-22-23-36(28-37(33)30-39)42-20-11-15-34-14-6-7-18-41(34)42/h3-31H,1-2H3. The number of hydrogen-bond donors (Lipinski definition) is 0. The zero-order valence-corrected chi connectivity index (χ0v) is 27.2. The van der Waals surface area contributed by atoms with E-state index in [0.717, 1.165) is 17.1 Å². The maximum Gasteiger partial charge on any atom is 0.0468 e. The topological polar surface area (TPSA) is 3.24 Å². The average molecular weight is 614 g/mol. The van der Waals surface area contributed by atoms with Gasteiger partial charge in [-0.2, -0.15) is 0 Å². The summed E-state index contributed by atoms with van der Waals surface area (Å²) in [7, 11) is 0. The quantitative estimate of drug-likeness (QED) is 0.187. The minimum atomic E-state index is -0.0382. The first kappa shape index (κ1) is 28.3. The average Bonchev–Trinajstić information content (AvgIpc) is 3.37. The first-order valence-corrected chi connectivity index (χ1v) is 16.8. The lowest BCUT2D eigenvalue weighted by atomic mass is 9.82. The van der Waals surface area contributed by atoms with Gasteiger partial charge in [-0.05, 0) is 109 Å². The van der Waals surface area contributed by atoms with E-state index in [1.807, 2.05) is 0 Å². The number of rotatable bonds is 5. The van der Waals surface area contributed by atoms with Gasteiger partial charge in [-0.25, -0.2) is 0 Å². The third-order valence-electron chi connectivity index (χ3n) is 10.2. The Labute approximate surface area is 282 Å². The zero-order chi connectivity index (χ0) is 32.2. The van der Waals surface area contributed by atoms with E-state index in [-0.39, 0.29) is 5.41 Å². The molecular formula is C47H35N. The summed E-state index contributed by atoms with van der Waals surface area (Å²) < 4.78 is 0. The van der Waals surface area contributed by atoms with Crippen LogP contribution in [-0.2, 0) is 5.41 Å². The molecule has 1 nitrogen and oxygen atoms in total. The molecule has 0 saturated carbocycles. The summed E-state index contributed by atoms with van der Waals surface area (Å²) in [4.78, 5) is 2.42. The van der Waals surface area contributed by atoms with E-state index < -0.39 is 0 Å². The predicted molar refractivity (Wildman–Crippen MR) is 205 cm³/mol. The maximum absolute atomic E-state index is 2.42. The van der Waals surface area contributed by atoms with Crippen LogP contribution in [0, 0.1) is 0 Å². The van der Waals surface area contributed by atoms with Gasteiger partial charge in [-0.15, -0.1) is 0 Å². The molecule has 0 aromatic heterocycles. The fourth-order valence-corrected chi connectivity index (χ4v) is 7.77. The Morgan fingerprint density at radius 2 is 1.00 bits per heavy atom. The predicted octanol–water partition coefficient (Wildman–Crippen LogP) is 13.1. The highest BCUT2D eigenvalue weighted by atomic mass is 15.1. The van der Waals surface area contributed by atoms with E-state index >= 15 is 0 Å². The molecule has 228 valence electrons. The van der Waals surface area contributed by atoms with Gasteiger partial charge in [-0.1, -0.05) is 147 Å². The first-order chi connectivity index (χ1) is 23.5. The van der Waals surface area contributed by atoms with E-state index in [1.165, 1.54) is 66.1 Å². The summed E-state index contributed by atoms with van der Waals surface area (Å²) in [6.07, 6.45) is 0. The van der Waals surface area contributed by atoms with Crippen molar-refractivity contribution in [3.8, 4) is 33.4 Å².